The molecule has 2 aliphatic heterocycles. The quantitative estimate of drug-likeness (QED) is 0.702. The molecule has 1 atom stereocenters. The number of piperidine rings is 1. The Bertz CT molecular complexity index is 362. The molecule has 0 N–H and O–H groups in total. The number of likely N-dealkylation sites (tertiary alicyclic amines) is 2. The minimum absolute atomic E-state index is 0.0321. The minimum Gasteiger partial charge on any atom is -0.344 e. The van der Waals surface area contributed by atoms with Gasteiger partial charge in [0, 0.05) is 39.5 Å². The number of amides is 1. The zero-order chi connectivity index (χ0) is 13.0. The molecular weight excluding hydrogens is 238 g/mol. The molecule has 18 heavy (non-hydrogen) atoms. The molecule has 3 rings (SSSR count). The maximum atomic E-state index is 12.8. The van der Waals surface area contributed by atoms with Gasteiger partial charge in [-0.15, -0.1) is 0 Å². The molecule has 0 bridgehead atoms. The number of nitrogens with zero attached hydrogens (tertiary/aromatic N) is 2. The number of β-lactam (4-membered cyclic amide) rings is 1. The van der Waals surface area contributed by atoms with E-state index in [1.165, 1.54) is 0 Å². The van der Waals surface area contributed by atoms with Crippen molar-refractivity contribution in [3.63, 3.8) is 0 Å². The van der Waals surface area contributed by atoms with Crippen LogP contribution in [-0.4, -0.2) is 54.9 Å². The van der Waals surface area contributed by atoms with E-state index in [1.54, 1.807) is 4.90 Å². The number of carbonyl (C=O) groups is 1. The standard InChI is InChI=1S/C13H20F2N2O/c1-16-8-12(11(16)18)3-2-4-17(9-12)7-10-5-13(14,15)6-10/h10H,2-9H2,1H3/t12-/m1/s1. The normalized spacial score (nSPS) is 36.6. The highest BCUT2D eigenvalue weighted by Gasteiger charge is 2.53. The summed E-state index contributed by atoms with van der Waals surface area (Å²) in [6, 6.07) is 0. The number of alkyl halides is 2. The Morgan fingerprint density at radius 3 is 2.61 bits per heavy atom. The molecule has 3 aliphatic rings. The predicted molar refractivity (Wildman–Crippen MR) is 63.4 cm³/mol. The van der Waals surface area contributed by atoms with Gasteiger partial charge in [0.25, 0.3) is 0 Å². The van der Waals surface area contributed by atoms with Gasteiger partial charge in [0.2, 0.25) is 11.8 Å². The topological polar surface area (TPSA) is 23.6 Å². The molecule has 1 aliphatic carbocycles. The van der Waals surface area contributed by atoms with Crippen LogP contribution in [0.1, 0.15) is 25.7 Å². The van der Waals surface area contributed by atoms with Gasteiger partial charge in [0.05, 0.1) is 5.41 Å². The van der Waals surface area contributed by atoms with Crippen molar-refractivity contribution in [3.05, 3.63) is 0 Å². The van der Waals surface area contributed by atoms with Crippen LogP contribution in [0.25, 0.3) is 0 Å². The van der Waals surface area contributed by atoms with Gasteiger partial charge in [0.15, 0.2) is 0 Å². The van der Waals surface area contributed by atoms with Crippen LogP contribution in [0.4, 0.5) is 8.78 Å². The molecule has 0 unspecified atom stereocenters. The zero-order valence-electron chi connectivity index (χ0n) is 10.8. The average Bonchev–Trinajstić information content (AvgIpc) is 2.27. The van der Waals surface area contributed by atoms with Crippen molar-refractivity contribution in [1.82, 2.24) is 9.80 Å². The Kier molecular flexibility index (Phi) is 2.66. The Hall–Kier alpha value is -0.710. The van der Waals surface area contributed by atoms with E-state index in [0.29, 0.717) is 0 Å². The molecule has 0 aromatic rings. The summed E-state index contributed by atoms with van der Waals surface area (Å²) >= 11 is 0. The Labute approximate surface area is 106 Å². The van der Waals surface area contributed by atoms with Crippen LogP contribution >= 0.6 is 0 Å². The molecular formula is C13H20F2N2O. The lowest BCUT2D eigenvalue weighted by atomic mass is 9.72. The largest absolute Gasteiger partial charge is 0.344 e. The third-order valence-corrected chi connectivity index (χ3v) is 4.69. The lowest BCUT2D eigenvalue weighted by Gasteiger charge is -2.53. The molecule has 0 radical (unpaired) electrons. The fourth-order valence-corrected chi connectivity index (χ4v) is 3.87. The third kappa shape index (κ3) is 1.92. The maximum Gasteiger partial charge on any atom is 0.248 e. The van der Waals surface area contributed by atoms with Gasteiger partial charge >= 0.3 is 0 Å². The first-order chi connectivity index (χ1) is 8.40. The SMILES string of the molecule is CN1C[C@@]2(CCCN(CC3CC(F)(F)C3)C2)C1=O. The second-order valence-corrected chi connectivity index (χ2v) is 6.41. The molecule has 2 saturated heterocycles. The number of halogens is 2. The summed E-state index contributed by atoms with van der Waals surface area (Å²) in [4.78, 5) is 15.9. The van der Waals surface area contributed by atoms with Crippen molar-refractivity contribution in [2.45, 2.75) is 31.6 Å². The zero-order valence-corrected chi connectivity index (χ0v) is 10.8. The van der Waals surface area contributed by atoms with Crippen LogP contribution < -0.4 is 0 Å². The Balaban J connectivity index is 1.54. The molecule has 3 nitrogen and oxygen atoms in total. The van der Waals surface area contributed by atoms with Gasteiger partial charge in [-0.1, -0.05) is 0 Å². The minimum atomic E-state index is -2.43. The average molecular weight is 258 g/mol. The van der Waals surface area contributed by atoms with Crippen LogP contribution in [0.5, 0.6) is 0 Å². The summed E-state index contributed by atoms with van der Waals surface area (Å²) in [7, 11) is 1.83. The van der Waals surface area contributed by atoms with E-state index in [4.69, 9.17) is 0 Å². The molecule has 3 fully saturated rings. The number of hydrogen-bond acceptors (Lipinski definition) is 2. The van der Waals surface area contributed by atoms with Gasteiger partial charge in [-0.3, -0.25) is 4.79 Å². The second kappa shape index (κ2) is 3.89. The highest BCUT2D eigenvalue weighted by molar-refractivity contribution is 5.88. The van der Waals surface area contributed by atoms with Crippen molar-refractivity contribution in [2.75, 3.05) is 33.2 Å². The van der Waals surface area contributed by atoms with Gasteiger partial charge < -0.3 is 9.80 Å². The summed E-state index contributed by atoms with van der Waals surface area (Å²) in [5.74, 6) is -2.06. The second-order valence-electron chi connectivity index (χ2n) is 6.41. The third-order valence-electron chi connectivity index (χ3n) is 4.69. The molecule has 5 heteroatoms. The monoisotopic (exact) mass is 258 g/mol. The van der Waals surface area contributed by atoms with Crippen molar-refractivity contribution in [1.29, 1.82) is 0 Å². The molecule has 1 amide bonds. The molecule has 2 heterocycles. The lowest BCUT2D eigenvalue weighted by Crippen LogP contribution is -2.66. The fraction of sp³-hybridized carbons (Fsp3) is 0.923. The maximum absolute atomic E-state index is 12.8. The van der Waals surface area contributed by atoms with E-state index in [0.717, 1.165) is 39.0 Å². The van der Waals surface area contributed by atoms with Crippen LogP contribution in [0.2, 0.25) is 0 Å². The summed E-state index contributed by atoms with van der Waals surface area (Å²) in [5.41, 5.74) is -0.181. The van der Waals surface area contributed by atoms with Crippen LogP contribution in [0.15, 0.2) is 0 Å². The summed E-state index contributed by atoms with van der Waals surface area (Å²) in [6.07, 6.45) is 2.05. The van der Waals surface area contributed by atoms with Crippen molar-refractivity contribution >= 4 is 5.91 Å². The smallest absolute Gasteiger partial charge is 0.248 e. The summed E-state index contributed by atoms with van der Waals surface area (Å²) in [5, 5.41) is 0. The van der Waals surface area contributed by atoms with E-state index in [2.05, 4.69) is 4.90 Å². The Morgan fingerprint density at radius 1 is 1.33 bits per heavy atom. The number of hydrogen-bond donors (Lipinski definition) is 0. The predicted octanol–water partition coefficient (Wildman–Crippen LogP) is 1.59. The van der Waals surface area contributed by atoms with Gasteiger partial charge in [0.1, 0.15) is 0 Å². The van der Waals surface area contributed by atoms with Crippen molar-refractivity contribution in [2.24, 2.45) is 11.3 Å². The van der Waals surface area contributed by atoms with Crippen molar-refractivity contribution in [3.8, 4) is 0 Å². The first kappa shape index (κ1) is 12.3. The van der Waals surface area contributed by atoms with Crippen LogP contribution in [-0.2, 0) is 4.79 Å². The van der Waals surface area contributed by atoms with E-state index in [9.17, 15) is 13.6 Å². The molecule has 0 aromatic carbocycles. The fourth-order valence-electron chi connectivity index (χ4n) is 3.87. The summed E-state index contributed by atoms with van der Waals surface area (Å²) < 4.78 is 25.6. The van der Waals surface area contributed by atoms with E-state index in [-0.39, 0.29) is 30.1 Å². The highest BCUT2D eigenvalue weighted by atomic mass is 19.3. The molecule has 0 aromatic heterocycles. The number of rotatable bonds is 2. The van der Waals surface area contributed by atoms with Gasteiger partial charge in [-0.25, -0.2) is 8.78 Å². The van der Waals surface area contributed by atoms with Gasteiger partial charge in [-0.05, 0) is 25.3 Å². The van der Waals surface area contributed by atoms with E-state index >= 15 is 0 Å². The molecule has 102 valence electrons. The van der Waals surface area contributed by atoms with E-state index in [1.807, 2.05) is 7.05 Å². The van der Waals surface area contributed by atoms with Crippen molar-refractivity contribution < 1.29 is 13.6 Å². The first-order valence-electron chi connectivity index (χ1n) is 6.76. The van der Waals surface area contributed by atoms with Crippen LogP contribution in [0.3, 0.4) is 0 Å². The molecule has 1 spiro atoms. The summed E-state index contributed by atoms with van der Waals surface area (Å²) in [6.45, 7) is 3.32. The van der Waals surface area contributed by atoms with Crippen LogP contribution in [0, 0.1) is 11.3 Å². The lowest BCUT2D eigenvalue weighted by molar-refractivity contribution is -0.165. The number of carbonyl (C=O) groups excluding carboxylic acids is 1. The van der Waals surface area contributed by atoms with E-state index < -0.39 is 5.92 Å². The highest BCUT2D eigenvalue weighted by Crippen LogP contribution is 2.44. The molecule has 1 saturated carbocycles. The first-order valence-corrected chi connectivity index (χ1v) is 6.76. The van der Waals surface area contributed by atoms with Gasteiger partial charge in [-0.2, -0.15) is 0 Å². The Morgan fingerprint density at radius 2 is 2.06 bits per heavy atom.